The van der Waals surface area contributed by atoms with Crippen molar-refractivity contribution in [1.29, 1.82) is 0 Å². The van der Waals surface area contributed by atoms with E-state index in [4.69, 9.17) is 15.3 Å². The topological polar surface area (TPSA) is 256 Å². The van der Waals surface area contributed by atoms with Crippen LogP contribution in [0.1, 0.15) is 67.3 Å². The number of hydrogen-bond donors (Lipinski definition) is 8. The Morgan fingerprint density at radius 3 is 1.89 bits per heavy atom. The first-order valence-corrected chi connectivity index (χ1v) is 17.2. The number of hydrogen-bond acceptors (Lipinski definition) is 10. The first-order chi connectivity index (χ1) is 26.7. The number of nitrogens with two attached hydrogens (primary N) is 1. The van der Waals surface area contributed by atoms with Crippen LogP contribution in [0.4, 0.5) is 17.1 Å². The van der Waals surface area contributed by atoms with Crippen LogP contribution in [-0.2, 0) is 19.2 Å². The number of primary amides is 1. The number of aryl methyl sites for hydroxylation is 1. The standard InChI is InChI=1S/C39H39N7O10/c1-20(2)56-33-28(17-16-27(32(33)48)37(52)45-30-19-55-46-39(30)54)43-35(50)23-10-14-26(15-11-23)42-38(53)29(18-31(40)47)44-36(51)24-8-12-25(13-9-24)41-34(49)22-6-4-21(3)5-7-22/h4-17,20,29-30,48H,18-19H2,1-3H3,(H2,40,47)(H,41,49)(H,42,53)(H,43,50)(H,44,51)(H,45,52)(H,46,54). The lowest BCUT2D eigenvalue weighted by Gasteiger charge is -2.19. The molecule has 17 nitrogen and oxygen atoms in total. The van der Waals surface area contributed by atoms with Gasteiger partial charge in [-0.25, -0.2) is 5.48 Å². The lowest BCUT2D eigenvalue weighted by Crippen LogP contribution is -2.46. The fourth-order valence-corrected chi connectivity index (χ4v) is 5.29. The van der Waals surface area contributed by atoms with E-state index < -0.39 is 65.8 Å². The fourth-order valence-electron chi connectivity index (χ4n) is 5.29. The van der Waals surface area contributed by atoms with E-state index in [9.17, 15) is 38.7 Å². The van der Waals surface area contributed by atoms with Crippen molar-refractivity contribution in [2.24, 2.45) is 5.73 Å². The highest BCUT2D eigenvalue weighted by molar-refractivity contribution is 6.08. The lowest BCUT2D eigenvalue weighted by molar-refractivity contribution is -0.125. The molecule has 0 spiro atoms. The van der Waals surface area contributed by atoms with Crippen molar-refractivity contribution in [1.82, 2.24) is 16.1 Å². The van der Waals surface area contributed by atoms with Crippen molar-refractivity contribution < 1.29 is 48.2 Å². The molecule has 17 heteroatoms. The quantitative estimate of drug-likeness (QED) is 0.0931. The number of benzene rings is 4. The molecule has 290 valence electrons. The molecule has 1 aliphatic heterocycles. The maximum atomic E-state index is 13.2. The van der Waals surface area contributed by atoms with Crippen molar-refractivity contribution >= 4 is 58.4 Å². The normalized spacial score (nSPS) is 13.9. The Hall–Kier alpha value is -7.27. The van der Waals surface area contributed by atoms with Crippen LogP contribution in [-0.4, -0.2) is 71.3 Å². The molecule has 2 unspecified atom stereocenters. The Kier molecular flexibility index (Phi) is 12.6. The third-order valence-electron chi connectivity index (χ3n) is 8.18. The Labute approximate surface area is 320 Å². The second-order valence-electron chi connectivity index (χ2n) is 12.9. The van der Waals surface area contributed by atoms with Crippen molar-refractivity contribution in [3.05, 3.63) is 113 Å². The third kappa shape index (κ3) is 10.2. The smallest absolute Gasteiger partial charge is 0.268 e. The number of hydroxylamine groups is 1. The minimum atomic E-state index is -1.36. The Morgan fingerprint density at radius 1 is 0.786 bits per heavy atom. The van der Waals surface area contributed by atoms with E-state index in [1.54, 1.807) is 26.0 Å². The highest BCUT2D eigenvalue weighted by Gasteiger charge is 2.30. The number of nitrogens with one attached hydrogen (secondary N) is 6. The molecule has 9 N–H and O–H groups in total. The van der Waals surface area contributed by atoms with Crippen molar-refractivity contribution in [3.8, 4) is 11.5 Å². The molecule has 1 fully saturated rings. The molecule has 2 atom stereocenters. The minimum Gasteiger partial charge on any atom is -0.504 e. The van der Waals surface area contributed by atoms with Crippen LogP contribution in [0.15, 0.2) is 84.9 Å². The Morgan fingerprint density at radius 2 is 1.34 bits per heavy atom. The zero-order chi connectivity index (χ0) is 40.5. The summed E-state index contributed by atoms with van der Waals surface area (Å²) in [5.74, 6) is -5.31. The molecular weight excluding hydrogens is 726 g/mol. The second kappa shape index (κ2) is 17.7. The maximum Gasteiger partial charge on any atom is 0.268 e. The van der Waals surface area contributed by atoms with Gasteiger partial charge in [-0.2, -0.15) is 0 Å². The van der Waals surface area contributed by atoms with Crippen LogP contribution in [0.5, 0.6) is 11.5 Å². The van der Waals surface area contributed by atoms with Gasteiger partial charge in [0.05, 0.1) is 23.8 Å². The number of anilines is 3. The van der Waals surface area contributed by atoms with E-state index in [0.29, 0.717) is 11.3 Å². The van der Waals surface area contributed by atoms with E-state index in [0.717, 1.165) is 5.56 Å². The molecule has 0 radical (unpaired) electrons. The minimum absolute atomic E-state index is 0.0451. The number of aromatic hydroxyl groups is 1. The van der Waals surface area contributed by atoms with Gasteiger partial charge in [0.15, 0.2) is 11.5 Å². The summed E-state index contributed by atoms with van der Waals surface area (Å²) in [6.45, 7) is 5.17. The van der Waals surface area contributed by atoms with Crippen LogP contribution >= 0.6 is 0 Å². The molecule has 1 aliphatic rings. The predicted molar refractivity (Wildman–Crippen MR) is 203 cm³/mol. The molecule has 1 saturated heterocycles. The molecule has 1 heterocycles. The molecule has 4 aromatic carbocycles. The summed E-state index contributed by atoms with van der Waals surface area (Å²) in [4.78, 5) is 93.3. The molecule has 5 rings (SSSR count). The fraction of sp³-hybridized carbons (Fsp3) is 0.205. The van der Waals surface area contributed by atoms with Gasteiger partial charge < -0.3 is 42.2 Å². The molecule has 0 saturated carbocycles. The summed E-state index contributed by atoms with van der Waals surface area (Å²) in [5.41, 5.74) is 9.74. The molecule has 4 aromatic rings. The molecule has 0 aromatic heterocycles. The number of phenols is 1. The summed E-state index contributed by atoms with van der Waals surface area (Å²) >= 11 is 0. The molecule has 0 bridgehead atoms. The predicted octanol–water partition coefficient (Wildman–Crippen LogP) is 2.76. The van der Waals surface area contributed by atoms with Gasteiger partial charge in [-0.3, -0.25) is 38.4 Å². The van der Waals surface area contributed by atoms with Crippen molar-refractivity contribution in [3.63, 3.8) is 0 Å². The average Bonchev–Trinajstić information content (AvgIpc) is 3.56. The van der Waals surface area contributed by atoms with Crippen LogP contribution in [0.25, 0.3) is 0 Å². The first kappa shape index (κ1) is 39.9. The highest BCUT2D eigenvalue weighted by Crippen LogP contribution is 2.39. The van der Waals surface area contributed by atoms with Gasteiger partial charge in [0, 0.05) is 28.1 Å². The number of phenolic OH excluding ortho intramolecular Hbond substituents is 1. The monoisotopic (exact) mass is 765 g/mol. The number of amides is 7. The summed E-state index contributed by atoms with van der Waals surface area (Å²) in [6, 6.07) is 18.9. The van der Waals surface area contributed by atoms with Gasteiger partial charge in [-0.15, -0.1) is 0 Å². The van der Waals surface area contributed by atoms with Gasteiger partial charge in [-0.05, 0) is 93.6 Å². The zero-order valence-corrected chi connectivity index (χ0v) is 30.4. The van der Waals surface area contributed by atoms with E-state index >= 15 is 0 Å². The molecule has 0 aliphatic carbocycles. The number of rotatable bonds is 14. The molecule has 56 heavy (non-hydrogen) atoms. The summed E-state index contributed by atoms with van der Waals surface area (Å²) in [5, 5.41) is 23.9. The van der Waals surface area contributed by atoms with Crippen LogP contribution in [0, 0.1) is 6.92 Å². The Balaban J connectivity index is 1.21. The van der Waals surface area contributed by atoms with E-state index in [-0.39, 0.29) is 46.3 Å². The van der Waals surface area contributed by atoms with Gasteiger partial charge in [-0.1, -0.05) is 17.7 Å². The van der Waals surface area contributed by atoms with Gasteiger partial charge in [0.2, 0.25) is 11.8 Å². The number of carbonyl (C=O) groups is 7. The lowest BCUT2D eigenvalue weighted by atomic mass is 10.1. The maximum absolute atomic E-state index is 13.2. The van der Waals surface area contributed by atoms with E-state index in [2.05, 4.69) is 32.1 Å². The number of carbonyl (C=O) groups excluding carboxylic acids is 7. The molecule has 7 amide bonds. The van der Waals surface area contributed by atoms with Crippen LogP contribution in [0.3, 0.4) is 0 Å². The van der Waals surface area contributed by atoms with Gasteiger partial charge in [0.25, 0.3) is 29.5 Å². The van der Waals surface area contributed by atoms with Crippen LogP contribution < -0.4 is 42.5 Å². The number of ether oxygens (including phenoxy) is 1. The largest absolute Gasteiger partial charge is 0.504 e. The summed E-state index contributed by atoms with van der Waals surface area (Å²) < 4.78 is 5.73. The van der Waals surface area contributed by atoms with E-state index in [1.165, 1.54) is 60.7 Å². The zero-order valence-electron chi connectivity index (χ0n) is 30.4. The van der Waals surface area contributed by atoms with E-state index in [1.807, 2.05) is 19.1 Å². The van der Waals surface area contributed by atoms with Crippen LogP contribution in [0.2, 0.25) is 0 Å². The second-order valence-corrected chi connectivity index (χ2v) is 12.9. The third-order valence-corrected chi connectivity index (χ3v) is 8.18. The van der Waals surface area contributed by atoms with Crippen molar-refractivity contribution in [2.45, 2.75) is 45.4 Å². The Bertz CT molecular complexity index is 2150. The van der Waals surface area contributed by atoms with Gasteiger partial charge in [0.1, 0.15) is 18.7 Å². The average molecular weight is 766 g/mol. The highest BCUT2D eigenvalue weighted by atomic mass is 16.7. The first-order valence-electron chi connectivity index (χ1n) is 17.2. The molecular formula is C39H39N7O10. The summed E-state index contributed by atoms with van der Waals surface area (Å²) in [7, 11) is 0. The van der Waals surface area contributed by atoms with Gasteiger partial charge >= 0.3 is 0 Å². The van der Waals surface area contributed by atoms with Crippen molar-refractivity contribution in [2.75, 3.05) is 22.6 Å². The summed E-state index contributed by atoms with van der Waals surface area (Å²) in [6.07, 6.45) is -0.986. The SMILES string of the molecule is Cc1ccc(C(=O)Nc2ccc(C(=O)NC(CC(N)=O)C(=O)Nc3ccc(C(=O)Nc4ccc(C(=O)NC5CONC5=O)c(O)c4OC(C)C)cc3)cc2)cc1.